The van der Waals surface area contributed by atoms with Gasteiger partial charge >= 0.3 is 259 Å². The zero-order chi connectivity index (χ0) is 38.1. The van der Waals surface area contributed by atoms with Crippen molar-refractivity contribution in [3.63, 3.8) is 0 Å². The van der Waals surface area contributed by atoms with Crippen LogP contribution < -0.4 is 41.9 Å². The number of phenolic OH excluding ortho intramolecular Hbond substituents is 2. The molecule has 12 nitrogen and oxygen atoms in total. The van der Waals surface area contributed by atoms with E-state index in [0.29, 0.717) is 32.6 Å². The van der Waals surface area contributed by atoms with Gasteiger partial charge in [-0.15, -0.1) is 0 Å². The van der Waals surface area contributed by atoms with Gasteiger partial charge in [-0.1, -0.05) is 24.3 Å². The normalized spacial score (nSPS) is 12.5. The Morgan fingerprint density at radius 3 is 1.51 bits per heavy atom. The van der Waals surface area contributed by atoms with E-state index in [9.17, 15) is 19.8 Å². The van der Waals surface area contributed by atoms with Crippen LogP contribution in [0, 0.1) is 0 Å². The first-order valence-electron chi connectivity index (χ1n) is 17.0. The van der Waals surface area contributed by atoms with Crippen molar-refractivity contribution < 1.29 is 19.0 Å². The standard InChI is InChI=1S/C40H32N6O6S2Se/c1-21(43-45-39-41-33(19-53-39)23-5-3-7-27(47)13-23)31-17-25-15-29(9-11-35(25)51-37(31)49)55-30-10-12-36-26(16-30)18-32(38(50)52-36)22(2)44-46-40-42-34(20-54-40)24-6-4-8-28(48)14-24/h3-22,43-44,47-48H,1-2H3,(H,41,45)(H,42,46). The summed E-state index contributed by atoms with van der Waals surface area (Å²) >= 11 is 2.69. The number of hydrogen-bond acceptors (Lipinski definition) is 14. The number of nitrogens with one attached hydrogen (secondary N) is 4. The quantitative estimate of drug-likeness (QED) is 0.0445. The van der Waals surface area contributed by atoms with Crippen LogP contribution in [0.2, 0.25) is 0 Å². The van der Waals surface area contributed by atoms with E-state index in [1.807, 2.05) is 85.3 Å². The van der Waals surface area contributed by atoms with Crippen LogP contribution in [0.3, 0.4) is 0 Å². The second kappa shape index (κ2) is 15.5. The maximum absolute atomic E-state index is 13.0. The van der Waals surface area contributed by atoms with Crippen LogP contribution in [0.25, 0.3) is 44.5 Å². The summed E-state index contributed by atoms with van der Waals surface area (Å²) in [6, 6.07) is 28.3. The first-order valence-corrected chi connectivity index (χ1v) is 20.5. The van der Waals surface area contributed by atoms with Gasteiger partial charge in [-0.05, 0) is 24.3 Å². The van der Waals surface area contributed by atoms with Gasteiger partial charge in [0.15, 0.2) is 0 Å². The molecule has 0 saturated carbocycles. The molecule has 0 radical (unpaired) electrons. The van der Waals surface area contributed by atoms with Crippen LogP contribution in [0.1, 0.15) is 37.1 Å². The molecule has 15 heteroatoms. The SMILES string of the molecule is CC(NNc1nc(-c2cccc(O)c2)cs1)c1cc2cc([Se]c3ccc4oc(=O)c(C(C)NNc5nc(-c6cccc(O)c6)cs5)cc4c3)ccc2oc1=O. The Kier molecular flexibility index (Phi) is 10.2. The Bertz CT molecular complexity index is 2610. The van der Waals surface area contributed by atoms with Crippen LogP contribution in [0.15, 0.2) is 126 Å². The molecule has 0 amide bonds. The third kappa shape index (κ3) is 8.17. The summed E-state index contributed by atoms with van der Waals surface area (Å²) in [4.78, 5) is 35.1. The number of fused-ring (bicyclic) bond motifs is 2. The molecule has 2 unspecified atom stereocenters. The minimum atomic E-state index is -0.428. The molecule has 0 aliphatic heterocycles. The van der Waals surface area contributed by atoms with Gasteiger partial charge in [0.05, 0.1) is 0 Å². The summed E-state index contributed by atoms with van der Waals surface area (Å²) in [7, 11) is 0. The van der Waals surface area contributed by atoms with E-state index in [1.165, 1.54) is 22.7 Å². The Hall–Kier alpha value is -5.80. The van der Waals surface area contributed by atoms with Crippen molar-refractivity contribution in [2.24, 2.45) is 0 Å². The molecule has 0 saturated heterocycles. The Balaban J connectivity index is 0.945. The zero-order valence-electron chi connectivity index (χ0n) is 29.2. The summed E-state index contributed by atoms with van der Waals surface area (Å²) < 4.78 is 13.6. The number of phenols is 2. The predicted octanol–water partition coefficient (Wildman–Crippen LogP) is 6.57. The van der Waals surface area contributed by atoms with Gasteiger partial charge in [0.2, 0.25) is 0 Å². The molecule has 0 aliphatic rings. The number of nitrogens with zero attached hydrogens (tertiary/aromatic N) is 2. The molecule has 2 atom stereocenters. The molecule has 276 valence electrons. The summed E-state index contributed by atoms with van der Waals surface area (Å²) in [6.45, 7) is 3.73. The first-order chi connectivity index (χ1) is 26.6. The predicted molar refractivity (Wildman–Crippen MR) is 219 cm³/mol. The van der Waals surface area contributed by atoms with Gasteiger partial charge in [-0.3, -0.25) is 0 Å². The molecular formula is C40H32N6O6S2Se. The van der Waals surface area contributed by atoms with E-state index < -0.39 is 23.3 Å². The van der Waals surface area contributed by atoms with Crippen molar-refractivity contribution in [2.45, 2.75) is 25.9 Å². The van der Waals surface area contributed by atoms with Gasteiger partial charge in [0.1, 0.15) is 11.5 Å². The van der Waals surface area contributed by atoms with Crippen LogP contribution in [0.5, 0.6) is 11.5 Å². The maximum atomic E-state index is 13.0. The minimum absolute atomic E-state index is 0.109. The molecule has 8 aromatic rings. The Morgan fingerprint density at radius 2 is 1.07 bits per heavy atom. The van der Waals surface area contributed by atoms with E-state index in [2.05, 4.69) is 31.7 Å². The number of aromatic hydroxyl groups is 2. The third-order valence-corrected chi connectivity index (χ3v) is 12.3. The molecule has 0 bridgehead atoms. The van der Waals surface area contributed by atoms with E-state index in [-0.39, 0.29) is 26.5 Å². The molecule has 4 aromatic heterocycles. The number of benzene rings is 4. The number of hydrogen-bond donors (Lipinski definition) is 6. The topological polar surface area (TPSA) is 175 Å². The van der Waals surface area contributed by atoms with E-state index in [0.717, 1.165) is 42.2 Å². The van der Waals surface area contributed by atoms with Crippen LogP contribution in [-0.2, 0) is 0 Å². The molecule has 4 aromatic carbocycles. The van der Waals surface area contributed by atoms with Gasteiger partial charge in [-0.2, -0.15) is 0 Å². The second-order valence-electron chi connectivity index (χ2n) is 12.6. The fourth-order valence-corrected chi connectivity index (χ4v) is 9.14. The third-order valence-electron chi connectivity index (χ3n) is 8.71. The van der Waals surface area contributed by atoms with E-state index in [1.54, 1.807) is 36.4 Å². The van der Waals surface area contributed by atoms with Crippen molar-refractivity contribution in [2.75, 3.05) is 10.9 Å². The van der Waals surface area contributed by atoms with Crippen molar-refractivity contribution in [3.8, 4) is 34.0 Å². The molecule has 0 spiro atoms. The average molecular weight is 836 g/mol. The van der Waals surface area contributed by atoms with Crippen molar-refractivity contribution >= 4 is 78.8 Å². The molecule has 55 heavy (non-hydrogen) atoms. The van der Waals surface area contributed by atoms with Crippen LogP contribution in [0.4, 0.5) is 10.3 Å². The Labute approximate surface area is 327 Å². The molecule has 6 N–H and O–H groups in total. The van der Waals surface area contributed by atoms with Crippen LogP contribution in [-0.4, -0.2) is 35.1 Å². The fraction of sp³-hybridized carbons (Fsp3) is 0.100. The van der Waals surface area contributed by atoms with Gasteiger partial charge < -0.3 is 10.2 Å². The number of anilines is 2. The number of thiazole rings is 2. The van der Waals surface area contributed by atoms with Gasteiger partial charge in [0, 0.05) is 0 Å². The zero-order valence-corrected chi connectivity index (χ0v) is 32.5. The first kappa shape index (κ1) is 36.2. The molecule has 8 rings (SSSR count). The van der Waals surface area contributed by atoms with E-state index >= 15 is 0 Å². The van der Waals surface area contributed by atoms with Crippen molar-refractivity contribution in [1.82, 2.24) is 20.8 Å². The summed E-state index contributed by atoms with van der Waals surface area (Å²) in [5.74, 6) is 0.340. The molecule has 4 heterocycles. The van der Waals surface area contributed by atoms with E-state index in [4.69, 9.17) is 8.83 Å². The van der Waals surface area contributed by atoms with Crippen molar-refractivity contribution in [3.05, 3.63) is 140 Å². The van der Waals surface area contributed by atoms with Gasteiger partial charge in [0.25, 0.3) is 0 Å². The molecule has 0 aliphatic carbocycles. The molecule has 0 fully saturated rings. The number of hydrazine groups is 2. The van der Waals surface area contributed by atoms with Crippen molar-refractivity contribution in [1.29, 1.82) is 0 Å². The number of aromatic nitrogens is 2. The average Bonchev–Trinajstić information content (AvgIpc) is 3.86. The molecular weight excluding hydrogens is 804 g/mol. The summed E-state index contributed by atoms with van der Waals surface area (Å²) in [5, 5.41) is 26.2. The summed E-state index contributed by atoms with van der Waals surface area (Å²) in [6.07, 6.45) is 0. The second-order valence-corrected chi connectivity index (χ2v) is 16.8. The fourth-order valence-electron chi connectivity index (χ4n) is 5.86. The van der Waals surface area contributed by atoms with Gasteiger partial charge in [-0.25, -0.2) is 0 Å². The number of rotatable bonds is 12. The monoisotopic (exact) mass is 836 g/mol. The van der Waals surface area contributed by atoms with Crippen LogP contribution >= 0.6 is 22.7 Å². The Morgan fingerprint density at radius 1 is 0.618 bits per heavy atom. The summed E-state index contributed by atoms with van der Waals surface area (Å²) in [5.41, 5.74) is 16.6.